The number of hydrogen-bond acceptors (Lipinski definition) is 4. The van der Waals surface area contributed by atoms with Crippen LogP contribution in [0.1, 0.15) is 103 Å². The summed E-state index contributed by atoms with van der Waals surface area (Å²) in [5.41, 5.74) is 6.83. The van der Waals surface area contributed by atoms with E-state index in [4.69, 9.17) is 22.1 Å². The number of nitrogens with zero attached hydrogens (tertiary/aromatic N) is 1. The Bertz CT molecular complexity index is 663. The van der Waals surface area contributed by atoms with Gasteiger partial charge in [-0.15, -0.1) is 0 Å². The number of anilines is 1. The summed E-state index contributed by atoms with van der Waals surface area (Å²) in [6.45, 7) is 5.11. The third kappa shape index (κ3) is 6.62. The van der Waals surface area contributed by atoms with Crippen molar-refractivity contribution in [3.8, 4) is 5.75 Å². The van der Waals surface area contributed by atoms with E-state index < -0.39 is 5.60 Å². The third-order valence-corrected chi connectivity index (χ3v) is 6.13. The van der Waals surface area contributed by atoms with Crippen LogP contribution in [0.25, 0.3) is 0 Å². The molecule has 5 heteroatoms. The van der Waals surface area contributed by atoms with E-state index in [1.807, 2.05) is 6.21 Å². The first-order valence-electron chi connectivity index (χ1n) is 11.6. The normalized spacial score (nSPS) is 17.8. The smallest absolute Gasteiger partial charge is 0.147 e. The molecule has 0 saturated carbocycles. The first-order valence-corrected chi connectivity index (χ1v) is 11.9. The van der Waals surface area contributed by atoms with Crippen LogP contribution in [-0.2, 0) is 10.3 Å². The first kappa shape index (κ1) is 24.0. The fourth-order valence-electron chi connectivity index (χ4n) is 4.09. The Kier molecular flexibility index (Phi) is 10.3. The van der Waals surface area contributed by atoms with Gasteiger partial charge in [-0.2, -0.15) is 0 Å². The molecule has 0 aliphatic carbocycles. The number of ether oxygens (including phenoxy) is 1. The zero-order valence-electron chi connectivity index (χ0n) is 18.3. The summed E-state index contributed by atoms with van der Waals surface area (Å²) in [4.78, 5) is 4.52. The van der Waals surface area contributed by atoms with Crippen molar-refractivity contribution in [1.82, 2.24) is 0 Å². The summed E-state index contributed by atoms with van der Waals surface area (Å²) in [6.07, 6.45) is 17.2. The van der Waals surface area contributed by atoms with E-state index in [-0.39, 0.29) is 11.4 Å². The Morgan fingerprint density at radius 1 is 0.966 bits per heavy atom. The highest BCUT2D eigenvalue weighted by Gasteiger charge is 2.41. The lowest BCUT2D eigenvalue weighted by Gasteiger charge is -2.29. The molecule has 1 aliphatic heterocycles. The molecule has 0 aromatic heterocycles. The van der Waals surface area contributed by atoms with Crippen molar-refractivity contribution >= 4 is 29.2 Å². The lowest BCUT2D eigenvalue weighted by atomic mass is 9.88. The van der Waals surface area contributed by atoms with Gasteiger partial charge in [0.25, 0.3) is 0 Å². The van der Waals surface area contributed by atoms with Gasteiger partial charge in [-0.25, -0.2) is 0 Å². The van der Waals surface area contributed by atoms with Crippen molar-refractivity contribution in [3.05, 3.63) is 16.7 Å². The highest BCUT2D eigenvalue weighted by Crippen LogP contribution is 2.51. The number of phenols is 1. The lowest BCUT2D eigenvalue weighted by molar-refractivity contribution is -0.00138. The Morgan fingerprint density at radius 3 is 2.21 bits per heavy atom. The number of fused-ring (bicyclic) bond motifs is 1. The minimum Gasteiger partial charge on any atom is -0.505 e. The number of benzene rings is 1. The number of aliphatic imine (C=N–C) groups is 1. The lowest BCUT2D eigenvalue weighted by Crippen LogP contribution is -2.30. The molecule has 0 radical (unpaired) electrons. The van der Waals surface area contributed by atoms with Crippen molar-refractivity contribution in [2.24, 2.45) is 4.99 Å². The van der Waals surface area contributed by atoms with Crippen LogP contribution in [0.5, 0.6) is 5.75 Å². The van der Waals surface area contributed by atoms with E-state index in [1.54, 1.807) is 6.07 Å². The fourth-order valence-corrected chi connectivity index (χ4v) is 4.35. The molecule has 1 heterocycles. The van der Waals surface area contributed by atoms with E-state index in [1.165, 1.54) is 57.8 Å². The largest absolute Gasteiger partial charge is 0.505 e. The molecule has 4 nitrogen and oxygen atoms in total. The summed E-state index contributed by atoms with van der Waals surface area (Å²) >= 11 is 6.36. The van der Waals surface area contributed by atoms with E-state index >= 15 is 0 Å². The van der Waals surface area contributed by atoms with Crippen LogP contribution in [0.15, 0.2) is 11.1 Å². The van der Waals surface area contributed by atoms with Gasteiger partial charge in [-0.05, 0) is 25.3 Å². The van der Waals surface area contributed by atoms with Crippen molar-refractivity contribution < 1.29 is 9.84 Å². The Labute approximate surface area is 181 Å². The van der Waals surface area contributed by atoms with Gasteiger partial charge >= 0.3 is 0 Å². The van der Waals surface area contributed by atoms with E-state index in [2.05, 4.69) is 18.8 Å². The van der Waals surface area contributed by atoms with Crippen molar-refractivity contribution in [3.63, 3.8) is 0 Å². The molecule has 29 heavy (non-hydrogen) atoms. The Balaban J connectivity index is 2.01. The van der Waals surface area contributed by atoms with Gasteiger partial charge in [0.2, 0.25) is 0 Å². The van der Waals surface area contributed by atoms with Crippen molar-refractivity contribution in [1.29, 1.82) is 0 Å². The highest BCUT2D eigenvalue weighted by molar-refractivity contribution is 6.34. The second-order valence-electron chi connectivity index (χ2n) is 8.30. The van der Waals surface area contributed by atoms with Gasteiger partial charge in [-0.1, -0.05) is 89.7 Å². The summed E-state index contributed by atoms with van der Waals surface area (Å²) in [5.74, 6) is 0.0648. The first-order chi connectivity index (χ1) is 14.1. The van der Waals surface area contributed by atoms with Crippen LogP contribution in [-0.4, -0.2) is 17.9 Å². The minimum atomic E-state index is -0.715. The number of rotatable bonds is 15. The Hall–Kier alpha value is -1.26. The molecule has 0 saturated heterocycles. The van der Waals surface area contributed by atoms with Crippen LogP contribution in [0.2, 0.25) is 5.02 Å². The predicted octanol–water partition coefficient (Wildman–Crippen LogP) is 7.67. The molecule has 1 unspecified atom stereocenters. The number of hydrogen-bond donors (Lipinski definition) is 2. The molecular weight excluding hydrogens is 384 g/mol. The molecule has 164 valence electrons. The quantitative estimate of drug-likeness (QED) is 0.173. The summed E-state index contributed by atoms with van der Waals surface area (Å²) < 4.78 is 6.42. The predicted molar refractivity (Wildman–Crippen MR) is 125 cm³/mol. The molecular formula is C24H39ClN2O2. The number of unbranched alkanes of at least 4 members (excludes halogenated alkanes) is 10. The van der Waals surface area contributed by atoms with Gasteiger partial charge in [0.05, 0.1) is 22.0 Å². The van der Waals surface area contributed by atoms with Crippen LogP contribution in [0, 0.1) is 0 Å². The molecule has 1 atom stereocenters. The average Bonchev–Trinajstić information content (AvgIpc) is 3.08. The van der Waals surface area contributed by atoms with Gasteiger partial charge in [0, 0.05) is 12.8 Å². The number of nitrogen functional groups attached to an aromatic ring is 1. The SMILES string of the molecule is CCCCCCCCCOC1(CCCCCCC)C=Nc2c(Cl)cc(N)c(O)c21. The third-order valence-electron chi connectivity index (χ3n) is 5.84. The van der Waals surface area contributed by atoms with Crippen molar-refractivity contribution in [2.75, 3.05) is 12.3 Å². The standard InChI is InChI=1S/C24H39ClN2O2/c1-3-5-7-9-10-12-14-16-29-24(15-13-11-8-6-4-2)18-27-22-19(25)17-20(26)23(28)21(22)24/h17-18,28H,3-16,26H2,1-2H3. The van der Waals surface area contributed by atoms with Crippen LogP contribution < -0.4 is 5.73 Å². The zero-order chi connectivity index (χ0) is 21.1. The molecule has 1 aromatic rings. The van der Waals surface area contributed by atoms with Crippen LogP contribution in [0.4, 0.5) is 11.4 Å². The number of phenolic OH excluding ortho intramolecular Hbond substituents is 1. The molecule has 1 aliphatic rings. The fraction of sp³-hybridized carbons (Fsp3) is 0.708. The second kappa shape index (κ2) is 12.4. The Morgan fingerprint density at radius 2 is 1.55 bits per heavy atom. The van der Waals surface area contributed by atoms with E-state index in [0.717, 1.165) is 25.7 Å². The van der Waals surface area contributed by atoms with Gasteiger partial charge < -0.3 is 15.6 Å². The minimum absolute atomic E-state index is 0.0648. The number of nitrogens with two attached hydrogens (primary N) is 1. The molecule has 2 rings (SSSR count). The highest BCUT2D eigenvalue weighted by atomic mass is 35.5. The zero-order valence-corrected chi connectivity index (χ0v) is 19.1. The maximum atomic E-state index is 10.7. The topological polar surface area (TPSA) is 67.8 Å². The second-order valence-corrected chi connectivity index (χ2v) is 8.71. The van der Waals surface area contributed by atoms with E-state index in [0.29, 0.717) is 22.9 Å². The van der Waals surface area contributed by atoms with Gasteiger partial charge in [-0.3, -0.25) is 4.99 Å². The van der Waals surface area contributed by atoms with E-state index in [9.17, 15) is 5.11 Å². The summed E-state index contributed by atoms with van der Waals surface area (Å²) in [5, 5.41) is 11.2. The maximum absolute atomic E-state index is 10.7. The monoisotopic (exact) mass is 422 g/mol. The van der Waals surface area contributed by atoms with Crippen molar-refractivity contribution in [2.45, 2.75) is 103 Å². The molecule has 0 bridgehead atoms. The van der Waals surface area contributed by atoms with Crippen LogP contribution >= 0.6 is 11.6 Å². The average molecular weight is 423 g/mol. The molecule has 1 aromatic carbocycles. The summed E-state index contributed by atoms with van der Waals surface area (Å²) in [7, 11) is 0. The molecule has 3 N–H and O–H groups in total. The number of halogens is 1. The number of aromatic hydroxyl groups is 1. The maximum Gasteiger partial charge on any atom is 0.147 e. The molecule has 0 spiro atoms. The van der Waals surface area contributed by atoms with Gasteiger partial charge in [0.15, 0.2) is 0 Å². The molecule has 0 amide bonds. The van der Waals surface area contributed by atoms with Gasteiger partial charge in [0.1, 0.15) is 11.4 Å². The summed E-state index contributed by atoms with van der Waals surface area (Å²) in [6, 6.07) is 1.57. The van der Waals surface area contributed by atoms with Crippen LogP contribution in [0.3, 0.4) is 0 Å². The molecule has 0 fully saturated rings.